The van der Waals surface area contributed by atoms with E-state index < -0.39 is 10.8 Å². The van der Waals surface area contributed by atoms with Crippen molar-refractivity contribution in [1.29, 1.82) is 0 Å². The van der Waals surface area contributed by atoms with Gasteiger partial charge >= 0.3 is 0 Å². The highest BCUT2D eigenvalue weighted by atomic mass is 32.2. The molecule has 0 saturated heterocycles. The van der Waals surface area contributed by atoms with Gasteiger partial charge in [0.05, 0.1) is 22.3 Å². The van der Waals surface area contributed by atoms with Gasteiger partial charge in [-0.1, -0.05) is 6.07 Å². The maximum atomic E-state index is 11.9. The average Bonchev–Trinajstić information content (AvgIpc) is 3.05. The molecule has 1 unspecified atom stereocenters. The maximum Gasteiger partial charge on any atom is 0.126 e. The van der Waals surface area contributed by atoms with Gasteiger partial charge in [-0.25, -0.2) is 0 Å². The first-order valence-electron chi connectivity index (χ1n) is 5.49. The summed E-state index contributed by atoms with van der Waals surface area (Å²) in [5.41, 5.74) is 7.44. The van der Waals surface area contributed by atoms with Crippen LogP contribution in [0.1, 0.15) is 18.4 Å². The van der Waals surface area contributed by atoms with Crippen molar-refractivity contribution in [1.82, 2.24) is 0 Å². The first-order chi connectivity index (χ1) is 7.66. The van der Waals surface area contributed by atoms with E-state index in [9.17, 15) is 4.21 Å². The zero-order chi connectivity index (χ0) is 11.5. The topological polar surface area (TPSA) is 52.3 Å². The Morgan fingerprint density at radius 1 is 1.50 bits per heavy atom. The predicted octanol–water partition coefficient (Wildman–Crippen LogP) is 2.07. The van der Waals surface area contributed by atoms with Crippen molar-refractivity contribution in [3.05, 3.63) is 23.8 Å². The lowest BCUT2D eigenvalue weighted by Crippen LogP contribution is -2.07. The van der Waals surface area contributed by atoms with Crippen LogP contribution < -0.4 is 5.73 Å². The Morgan fingerprint density at radius 3 is 2.94 bits per heavy atom. The molecule has 0 heterocycles. The molecule has 1 saturated carbocycles. The molecule has 16 heavy (non-hydrogen) atoms. The molecule has 1 aromatic rings. The van der Waals surface area contributed by atoms with Gasteiger partial charge in [-0.3, -0.25) is 4.21 Å². The van der Waals surface area contributed by atoms with Crippen molar-refractivity contribution >= 4 is 16.5 Å². The number of ether oxygens (including phenoxy) is 1. The van der Waals surface area contributed by atoms with E-state index in [1.807, 2.05) is 19.1 Å². The molecule has 0 spiro atoms. The molecule has 88 valence electrons. The Kier molecular flexibility index (Phi) is 3.61. The van der Waals surface area contributed by atoms with E-state index in [4.69, 9.17) is 10.5 Å². The third-order valence-corrected chi connectivity index (χ3v) is 3.88. The van der Waals surface area contributed by atoms with Gasteiger partial charge < -0.3 is 10.5 Å². The van der Waals surface area contributed by atoms with E-state index in [0.717, 1.165) is 12.2 Å². The minimum atomic E-state index is -1.14. The van der Waals surface area contributed by atoms with Gasteiger partial charge in [-0.15, -0.1) is 0 Å². The van der Waals surface area contributed by atoms with Gasteiger partial charge in [-0.2, -0.15) is 0 Å². The molecule has 0 aliphatic heterocycles. The lowest BCUT2D eigenvalue weighted by atomic mass is 10.2. The van der Waals surface area contributed by atoms with Crippen molar-refractivity contribution in [3.8, 4) is 0 Å². The Labute approximate surface area is 98.4 Å². The van der Waals surface area contributed by atoms with Crippen LogP contribution in [0.5, 0.6) is 0 Å². The SMILES string of the molecule is Cc1ccc(N)c(S(=O)COCC2CC2)c1. The third kappa shape index (κ3) is 3.06. The van der Waals surface area contributed by atoms with Crippen molar-refractivity contribution in [2.45, 2.75) is 24.7 Å². The van der Waals surface area contributed by atoms with Gasteiger partial charge in [-0.05, 0) is 43.4 Å². The summed E-state index contributed by atoms with van der Waals surface area (Å²) in [5.74, 6) is 0.955. The molecule has 0 amide bonds. The number of aryl methyl sites for hydroxylation is 1. The molecule has 2 N–H and O–H groups in total. The molecule has 1 fully saturated rings. The quantitative estimate of drug-likeness (QED) is 0.800. The monoisotopic (exact) mass is 239 g/mol. The fraction of sp³-hybridized carbons (Fsp3) is 0.500. The molecule has 0 bridgehead atoms. The molecule has 1 aromatic carbocycles. The fourth-order valence-electron chi connectivity index (χ4n) is 1.48. The highest BCUT2D eigenvalue weighted by molar-refractivity contribution is 7.85. The van der Waals surface area contributed by atoms with Crippen LogP contribution in [0.2, 0.25) is 0 Å². The standard InChI is InChI=1S/C12H17NO2S/c1-9-2-5-11(13)12(6-9)16(14)8-15-7-10-3-4-10/h2,5-6,10H,3-4,7-8,13H2,1H3. The van der Waals surface area contributed by atoms with E-state index in [1.54, 1.807) is 6.07 Å². The summed E-state index contributed by atoms with van der Waals surface area (Å²) >= 11 is 0. The van der Waals surface area contributed by atoms with Crippen LogP contribution in [0, 0.1) is 12.8 Å². The molecule has 1 aliphatic carbocycles. The summed E-state index contributed by atoms with van der Waals surface area (Å²) in [6, 6.07) is 5.58. The molecule has 1 aliphatic rings. The molecule has 0 aromatic heterocycles. The highest BCUT2D eigenvalue weighted by Gasteiger charge is 2.21. The number of anilines is 1. The third-order valence-electron chi connectivity index (χ3n) is 2.66. The second-order valence-electron chi connectivity index (χ2n) is 4.32. The number of nitrogens with two attached hydrogens (primary N) is 1. The molecule has 2 rings (SSSR count). The van der Waals surface area contributed by atoms with Crippen LogP contribution in [-0.4, -0.2) is 16.8 Å². The summed E-state index contributed by atoms with van der Waals surface area (Å²) in [6.45, 7) is 2.70. The van der Waals surface area contributed by atoms with Gasteiger partial charge in [0.25, 0.3) is 0 Å². The van der Waals surface area contributed by atoms with Gasteiger partial charge in [0, 0.05) is 5.69 Å². The molecule has 4 heteroatoms. The Hall–Kier alpha value is -0.870. The van der Waals surface area contributed by atoms with Crippen molar-refractivity contribution in [2.75, 3.05) is 18.3 Å². The predicted molar refractivity (Wildman–Crippen MR) is 65.5 cm³/mol. The Bertz CT molecular complexity index is 402. The second kappa shape index (κ2) is 4.97. The van der Waals surface area contributed by atoms with Crippen LogP contribution in [0.4, 0.5) is 5.69 Å². The minimum absolute atomic E-state index is 0.254. The van der Waals surface area contributed by atoms with Crippen molar-refractivity contribution in [2.24, 2.45) is 5.92 Å². The van der Waals surface area contributed by atoms with Crippen LogP contribution in [0.3, 0.4) is 0 Å². The zero-order valence-corrected chi connectivity index (χ0v) is 10.3. The average molecular weight is 239 g/mol. The number of rotatable bonds is 5. The van der Waals surface area contributed by atoms with Gasteiger partial charge in [0.2, 0.25) is 0 Å². The Balaban J connectivity index is 1.93. The molecule has 3 nitrogen and oxygen atoms in total. The van der Waals surface area contributed by atoms with E-state index >= 15 is 0 Å². The lowest BCUT2D eigenvalue weighted by Gasteiger charge is -2.07. The van der Waals surface area contributed by atoms with Crippen molar-refractivity contribution in [3.63, 3.8) is 0 Å². The molecule has 0 radical (unpaired) electrons. The maximum absolute atomic E-state index is 11.9. The largest absolute Gasteiger partial charge is 0.398 e. The summed E-state index contributed by atoms with van der Waals surface area (Å²) in [6.07, 6.45) is 2.50. The first kappa shape index (κ1) is 11.6. The fourth-order valence-corrected chi connectivity index (χ4v) is 2.50. The summed E-state index contributed by atoms with van der Waals surface area (Å²) in [7, 11) is -1.14. The number of hydrogen-bond acceptors (Lipinski definition) is 3. The van der Waals surface area contributed by atoms with Crippen LogP contribution in [0.15, 0.2) is 23.1 Å². The van der Waals surface area contributed by atoms with E-state index in [0.29, 0.717) is 16.5 Å². The number of hydrogen-bond donors (Lipinski definition) is 1. The van der Waals surface area contributed by atoms with Crippen LogP contribution >= 0.6 is 0 Å². The van der Waals surface area contributed by atoms with E-state index in [2.05, 4.69) is 0 Å². The van der Waals surface area contributed by atoms with Gasteiger partial charge in [0.15, 0.2) is 0 Å². The van der Waals surface area contributed by atoms with Crippen LogP contribution in [0.25, 0.3) is 0 Å². The first-order valence-corrected chi connectivity index (χ1v) is 6.81. The minimum Gasteiger partial charge on any atom is -0.398 e. The smallest absolute Gasteiger partial charge is 0.126 e. The molecular formula is C12H17NO2S. The molecule has 1 atom stereocenters. The summed E-state index contributed by atoms with van der Waals surface area (Å²) in [5, 5.41) is 0. The lowest BCUT2D eigenvalue weighted by molar-refractivity contribution is 0.168. The number of benzene rings is 1. The normalized spacial score (nSPS) is 17.3. The van der Waals surface area contributed by atoms with Gasteiger partial charge in [0.1, 0.15) is 5.94 Å². The Morgan fingerprint density at radius 2 is 2.25 bits per heavy atom. The highest BCUT2D eigenvalue weighted by Crippen LogP contribution is 2.29. The van der Waals surface area contributed by atoms with Crippen LogP contribution in [-0.2, 0) is 15.5 Å². The number of nitrogen functional groups attached to an aromatic ring is 1. The zero-order valence-electron chi connectivity index (χ0n) is 9.44. The van der Waals surface area contributed by atoms with E-state index in [-0.39, 0.29) is 5.94 Å². The summed E-state index contributed by atoms with van der Waals surface area (Å²) < 4.78 is 17.3. The van der Waals surface area contributed by atoms with E-state index in [1.165, 1.54) is 12.8 Å². The summed E-state index contributed by atoms with van der Waals surface area (Å²) in [4.78, 5) is 0.691. The van der Waals surface area contributed by atoms with Crippen molar-refractivity contribution < 1.29 is 8.95 Å². The second-order valence-corrected chi connectivity index (χ2v) is 5.69. The molecular weight excluding hydrogens is 222 g/mol.